The monoisotopic (exact) mass is 420 g/mol. The normalized spacial score (nSPS) is 12.5. The van der Waals surface area contributed by atoms with Gasteiger partial charge in [-0.2, -0.15) is 13.2 Å². The minimum Gasteiger partial charge on any atom is -0.352 e. The molecule has 2 amide bonds. The number of anilines is 1. The lowest BCUT2D eigenvalue weighted by Crippen LogP contribution is -2.30. The van der Waals surface area contributed by atoms with E-state index in [9.17, 15) is 22.8 Å². The lowest BCUT2D eigenvalue weighted by molar-refractivity contribution is -0.137. The van der Waals surface area contributed by atoms with E-state index in [2.05, 4.69) is 10.6 Å². The zero-order valence-corrected chi connectivity index (χ0v) is 17.3. The summed E-state index contributed by atoms with van der Waals surface area (Å²) in [7, 11) is 0. The summed E-state index contributed by atoms with van der Waals surface area (Å²) in [5.74, 6) is -0.546. The molecule has 0 aliphatic heterocycles. The van der Waals surface area contributed by atoms with Crippen molar-refractivity contribution in [3.05, 3.63) is 65.2 Å². The standard InChI is InChI=1S/C23H27F3N2O2/c1-15(2)10-21(29)28-20-9-5-7-18(13-20)14-27-22(30)16(3)11-17-6-4-8-19(12-17)23(24,25)26/h4-9,12-13,15-16H,10-11,14H2,1-3H3,(H,27,30)(H,28,29). The third-order valence-electron chi connectivity index (χ3n) is 4.51. The number of nitrogens with one attached hydrogen (secondary N) is 2. The first-order chi connectivity index (χ1) is 14.0. The van der Waals surface area contributed by atoms with E-state index in [0.717, 1.165) is 17.7 Å². The summed E-state index contributed by atoms with van der Waals surface area (Å²) in [4.78, 5) is 24.3. The van der Waals surface area contributed by atoms with E-state index in [1.807, 2.05) is 19.9 Å². The van der Waals surface area contributed by atoms with Crippen LogP contribution < -0.4 is 10.6 Å². The van der Waals surface area contributed by atoms with Crippen LogP contribution in [0.15, 0.2) is 48.5 Å². The van der Waals surface area contributed by atoms with Gasteiger partial charge in [-0.15, -0.1) is 0 Å². The van der Waals surface area contributed by atoms with Gasteiger partial charge in [-0.25, -0.2) is 0 Å². The Morgan fingerprint density at radius 3 is 2.30 bits per heavy atom. The van der Waals surface area contributed by atoms with E-state index < -0.39 is 17.7 Å². The Hall–Kier alpha value is -2.83. The molecule has 0 saturated heterocycles. The fraction of sp³-hybridized carbons (Fsp3) is 0.391. The molecule has 1 unspecified atom stereocenters. The van der Waals surface area contributed by atoms with Gasteiger partial charge in [-0.05, 0) is 41.7 Å². The van der Waals surface area contributed by atoms with E-state index >= 15 is 0 Å². The molecule has 2 aromatic rings. The molecular formula is C23H27F3N2O2. The first-order valence-electron chi connectivity index (χ1n) is 9.87. The highest BCUT2D eigenvalue weighted by Crippen LogP contribution is 2.30. The van der Waals surface area contributed by atoms with E-state index in [-0.39, 0.29) is 30.7 Å². The number of alkyl halides is 3. The Kier molecular flexibility index (Phi) is 8.03. The van der Waals surface area contributed by atoms with Gasteiger partial charge in [0.2, 0.25) is 11.8 Å². The predicted octanol–water partition coefficient (Wildman–Crippen LogP) is 5.19. The van der Waals surface area contributed by atoms with Crippen LogP contribution >= 0.6 is 0 Å². The van der Waals surface area contributed by atoms with Crippen molar-refractivity contribution in [1.29, 1.82) is 0 Å². The highest BCUT2D eigenvalue weighted by Gasteiger charge is 2.30. The smallest absolute Gasteiger partial charge is 0.352 e. The predicted molar refractivity (Wildman–Crippen MR) is 111 cm³/mol. The largest absolute Gasteiger partial charge is 0.416 e. The van der Waals surface area contributed by atoms with E-state index in [0.29, 0.717) is 17.7 Å². The summed E-state index contributed by atoms with van der Waals surface area (Å²) in [6.07, 6.45) is -3.77. The van der Waals surface area contributed by atoms with Crippen LogP contribution in [-0.4, -0.2) is 11.8 Å². The van der Waals surface area contributed by atoms with Crippen LogP contribution in [0, 0.1) is 11.8 Å². The van der Waals surface area contributed by atoms with E-state index in [1.165, 1.54) is 6.07 Å². The summed E-state index contributed by atoms with van der Waals surface area (Å²) in [6.45, 7) is 5.87. The van der Waals surface area contributed by atoms with Crippen LogP contribution in [0.1, 0.15) is 43.9 Å². The molecule has 0 aliphatic rings. The molecule has 0 aliphatic carbocycles. The molecule has 0 fully saturated rings. The van der Waals surface area contributed by atoms with Crippen LogP contribution in [0.4, 0.5) is 18.9 Å². The second kappa shape index (κ2) is 10.3. The average Bonchev–Trinajstić information content (AvgIpc) is 2.65. The Labute approximate surface area is 174 Å². The number of rotatable bonds is 8. The number of halogens is 3. The summed E-state index contributed by atoms with van der Waals surface area (Å²) < 4.78 is 38.5. The Morgan fingerprint density at radius 1 is 0.967 bits per heavy atom. The molecule has 30 heavy (non-hydrogen) atoms. The van der Waals surface area contributed by atoms with Crippen molar-refractivity contribution in [1.82, 2.24) is 5.32 Å². The van der Waals surface area contributed by atoms with Crippen molar-refractivity contribution in [2.75, 3.05) is 5.32 Å². The average molecular weight is 420 g/mol. The van der Waals surface area contributed by atoms with Gasteiger partial charge in [0.25, 0.3) is 0 Å². The molecular weight excluding hydrogens is 393 g/mol. The number of benzene rings is 2. The Balaban J connectivity index is 1.91. The number of hydrogen-bond acceptors (Lipinski definition) is 2. The van der Waals surface area contributed by atoms with E-state index in [4.69, 9.17) is 0 Å². The minimum absolute atomic E-state index is 0.0686. The van der Waals surface area contributed by atoms with Crippen molar-refractivity contribution in [3.8, 4) is 0 Å². The van der Waals surface area contributed by atoms with Gasteiger partial charge in [0.15, 0.2) is 0 Å². The van der Waals surface area contributed by atoms with Gasteiger partial charge < -0.3 is 10.6 Å². The van der Waals surface area contributed by atoms with Gasteiger partial charge >= 0.3 is 6.18 Å². The summed E-state index contributed by atoms with van der Waals surface area (Å²) in [5.41, 5.74) is 1.22. The van der Waals surface area contributed by atoms with Crippen molar-refractivity contribution >= 4 is 17.5 Å². The summed E-state index contributed by atoms with van der Waals surface area (Å²) >= 11 is 0. The second-order valence-corrected chi connectivity index (χ2v) is 7.87. The molecule has 0 saturated carbocycles. The number of carbonyl (C=O) groups is 2. The third kappa shape index (κ3) is 7.54. The lowest BCUT2D eigenvalue weighted by Gasteiger charge is -2.14. The maximum Gasteiger partial charge on any atom is 0.416 e. The number of carbonyl (C=O) groups excluding carboxylic acids is 2. The second-order valence-electron chi connectivity index (χ2n) is 7.87. The first-order valence-corrected chi connectivity index (χ1v) is 9.87. The Morgan fingerprint density at radius 2 is 1.63 bits per heavy atom. The molecule has 4 nitrogen and oxygen atoms in total. The minimum atomic E-state index is -4.41. The fourth-order valence-electron chi connectivity index (χ4n) is 3.03. The molecule has 2 N–H and O–H groups in total. The molecule has 0 spiro atoms. The van der Waals surface area contributed by atoms with Crippen molar-refractivity contribution in [2.24, 2.45) is 11.8 Å². The Bertz CT molecular complexity index is 879. The highest BCUT2D eigenvalue weighted by molar-refractivity contribution is 5.90. The van der Waals surface area contributed by atoms with Gasteiger partial charge in [0, 0.05) is 24.6 Å². The van der Waals surface area contributed by atoms with Gasteiger partial charge in [-0.1, -0.05) is 51.1 Å². The third-order valence-corrected chi connectivity index (χ3v) is 4.51. The highest BCUT2D eigenvalue weighted by atomic mass is 19.4. The molecule has 1 atom stereocenters. The van der Waals surface area contributed by atoms with Gasteiger partial charge in [-0.3, -0.25) is 9.59 Å². The zero-order chi connectivity index (χ0) is 22.3. The van der Waals surface area contributed by atoms with Crippen molar-refractivity contribution in [3.63, 3.8) is 0 Å². The first kappa shape index (κ1) is 23.4. The molecule has 2 rings (SSSR count). The fourth-order valence-corrected chi connectivity index (χ4v) is 3.03. The quantitative estimate of drug-likeness (QED) is 0.618. The van der Waals surface area contributed by atoms with Crippen LogP contribution in [-0.2, 0) is 28.7 Å². The molecule has 2 aromatic carbocycles. The molecule has 0 radical (unpaired) electrons. The van der Waals surface area contributed by atoms with Crippen molar-refractivity contribution < 1.29 is 22.8 Å². The van der Waals surface area contributed by atoms with Gasteiger partial charge in [0.05, 0.1) is 5.56 Å². The van der Waals surface area contributed by atoms with E-state index in [1.54, 1.807) is 31.2 Å². The van der Waals surface area contributed by atoms with Crippen LogP contribution in [0.2, 0.25) is 0 Å². The van der Waals surface area contributed by atoms with Crippen molar-refractivity contribution in [2.45, 2.75) is 46.3 Å². The maximum atomic E-state index is 12.8. The molecule has 0 bridgehead atoms. The maximum absolute atomic E-state index is 12.8. The topological polar surface area (TPSA) is 58.2 Å². The lowest BCUT2D eigenvalue weighted by atomic mass is 9.98. The number of amides is 2. The summed E-state index contributed by atoms with van der Waals surface area (Å²) in [6, 6.07) is 12.2. The molecule has 162 valence electrons. The number of hydrogen-bond donors (Lipinski definition) is 2. The van der Waals surface area contributed by atoms with Crippen LogP contribution in [0.25, 0.3) is 0 Å². The SMILES string of the molecule is CC(C)CC(=O)Nc1cccc(CNC(=O)C(C)Cc2cccc(C(F)(F)F)c2)c1. The molecule has 0 aromatic heterocycles. The molecule has 7 heteroatoms. The van der Waals surface area contributed by atoms with Gasteiger partial charge in [0.1, 0.15) is 0 Å². The summed E-state index contributed by atoms with van der Waals surface area (Å²) in [5, 5.41) is 5.63. The van der Waals surface area contributed by atoms with Crippen LogP contribution in [0.5, 0.6) is 0 Å². The molecule has 0 heterocycles. The zero-order valence-electron chi connectivity index (χ0n) is 17.3. The van der Waals surface area contributed by atoms with Crippen LogP contribution in [0.3, 0.4) is 0 Å².